The lowest BCUT2D eigenvalue weighted by Crippen LogP contribution is -2.10. The van der Waals surface area contributed by atoms with Crippen LogP contribution in [-0.2, 0) is 0 Å². The average molecular weight is 307 g/mol. The summed E-state index contributed by atoms with van der Waals surface area (Å²) in [6.07, 6.45) is 0. The smallest absolute Gasteiger partial charge is 0.336 e. The third-order valence-corrected chi connectivity index (χ3v) is 3.69. The van der Waals surface area contributed by atoms with Crippen LogP contribution in [-0.4, -0.2) is 22.0 Å². The van der Waals surface area contributed by atoms with Crippen LogP contribution in [0, 0.1) is 0 Å². The first-order valence-electron chi connectivity index (χ1n) is 6.88. The number of aromatic carboxylic acids is 1. The monoisotopic (exact) mass is 307 g/mol. The van der Waals surface area contributed by atoms with E-state index in [-0.39, 0.29) is 22.4 Å². The molecule has 0 unspecified atom stereocenters. The first-order chi connectivity index (χ1) is 11.0. The number of carboxylic acids is 1. The Bertz CT molecular complexity index is 947. The lowest BCUT2D eigenvalue weighted by atomic mass is 9.94. The van der Waals surface area contributed by atoms with Gasteiger partial charge in [-0.05, 0) is 12.1 Å². The topological polar surface area (TPSA) is 101 Å². The van der Waals surface area contributed by atoms with Gasteiger partial charge in [-0.15, -0.1) is 0 Å². The molecule has 0 heterocycles. The number of hydrogen-bond donors (Lipinski definition) is 3. The molecule has 0 saturated carbocycles. The molecule has 23 heavy (non-hydrogen) atoms. The Morgan fingerprint density at radius 3 is 2.04 bits per heavy atom. The molecular weight excluding hydrogens is 294 g/mol. The van der Waals surface area contributed by atoms with E-state index >= 15 is 0 Å². The van der Waals surface area contributed by atoms with Crippen molar-refractivity contribution in [2.75, 3.05) is 5.73 Å². The van der Waals surface area contributed by atoms with E-state index in [1.165, 1.54) is 24.3 Å². The maximum atomic E-state index is 12.7. The van der Waals surface area contributed by atoms with Crippen LogP contribution in [0.1, 0.15) is 26.3 Å². The second-order valence-electron chi connectivity index (χ2n) is 5.09. The quantitative estimate of drug-likeness (QED) is 0.392. The van der Waals surface area contributed by atoms with E-state index in [9.17, 15) is 19.8 Å². The maximum Gasteiger partial charge on any atom is 0.336 e. The summed E-state index contributed by atoms with van der Waals surface area (Å²) in [6.45, 7) is 0. The number of benzene rings is 3. The van der Waals surface area contributed by atoms with Crippen molar-refractivity contribution in [3.05, 3.63) is 71.3 Å². The summed E-state index contributed by atoms with van der Waals surface area (Å²) in [5.41, 5.74) is 6.17. The van der Waals surface area contributed by atoms with Crippen molar-refractivity contribution in [2.24, 2.45) is 0 Å². The fourth-order valence-electron chi connectivity index (χ4n) is 2.57. The normalized spacial score (nSPS) is 10.6. The summed E-state index contributed by atoms with van der Waals surface area (Å²) in [7, 11) is 0. The SMILES string of the molecule is Nc1cc(C(=O)c2ccccc2C(=O)O)c(O)c2ccccc12. The summed E-state index contributed by atoms with van der Waals surface area (Å²) < 4.78 is 0. The highest BCUT2D eigenvalue weighted by atomic mass is 16.4. The molecule has 3 aromatic rings. The number of anilines is 1. The molecule has 0 saturated heterocycles. The van der Waals surface area contributed by atoms with Gasteiger partial charge >= 0.3 is 5.97 Å². The van der Waals surface area contributed by atoms with Gasteiger partial charge < -0.3 is 15.9 Å². The second kappa shape index (κ2) is 5.46. The standard InChI is InChI=1S/C18H13NO4/c19-15-9-14(16(20)11-6-2-1-5-10(11)15)17(21)12-7-3-4-8-13(12)18(22)23/h1-9,20H,19H2,(H,22,23). The molecule has 0 amide bonds. The van der Waals surface area contributed by atoms with Crippen molar-refractivity contribution in [1.29, 1.82) is 0 Å². The minimum Gasteiger partial charge on any atom is -0.507 e. The van der Waals surface area contributed by atoms with Crippen molar-refractivity contribution in [1.82, 2.24) is 0 Å². The minimum absolute atomic E-state index is 0.00461. The van der Waals surface area contributed by atoms with E-state index in [0.717, 1.165) is 0 Å². The number of nitrogens with two attached hydrogens (primary N) is 1. The summed E-state index contributed by atoms with van der Waals surface area (Å²) in [5, 5.41) is 20.7. The Morgan fingerprint density at radius 2 is 1.39 bits per heavy atom. The molecule has 0 bridgehead atoms. The Labute approximate surface area is 131 Å². The van der Waals surface area contributed by atoms with Crippen LogP contribution in [0.4, 0.5) is 5.69 Å². The number of carboxylic acid groups (broad SMARTS) is 1. The minimum atomic E-state index is -1.21. The molecular formula is C18H13NO4. The van der Waals surface area contributed by atoms with E-state index in [1.54, 1.807) is 30.3 Å². The predicted molar refractivity (Wildman–Crippen MR) is 86.9 cm³/mol. The van der Waals surface area contributed by atoms with Crippen LogP contribution in [0.15, 0.2) is 54.6 Å². The maximum absolute atomic E-state index is 12.7. The highest BCUT2D eigenvalue weighted by molar-refractivity contribution is 6.18. The average Bonchev–Trinajstić information content (AvgIpc) is 2.57. The number of phenolic OH excluding ortho intramolecular Hbond substituents is 1. The summed E-state index contributed by atoms with van der Waals surface area (Å²) in [6, 6.07) is 14.1. The molecule has 4 N–H and O–H groups in total. The number of fused-ring (bicyclic) bond motifs is 1. The molecule has 0 aliphatic heterocycles. The van der Waals surface area contributed by atoms with Crippen LogP contribution in [0.3, 0.4) is 0 Å². The van der Waals surface area contributed by atoms with Crippen LogP contribution >= 0.6 is 0 Å². The van der Waals surface area contributed by atoms with Crippen LogP contribution in [0.5, 0.6) is 5.75 Å². The zero-order valence-electron chi connectivity index (χ0n) is 12.0. The Morgan fingerprint density at radius 1 is 0.826 bits per heavy atom. The molecule has 0 fully saturated rings. The largest absolute Gasteiger partial charge is 0.507 e. The first-order valence-corrected chi connectivity index (χ1v) is 6.88. The van der Waals surface area contributed by atoms with E-state index < -0.39 is 11.8 Å². The van der Waals surface area contributed by atoms with Gasteiger partial charge in [0.25, 0.3) is 0 Å². The molecule has 0 atom stereocenters. The van der Waals surface area contributed by atoms with Crippen LogP contribution in [0.2, 0.25) is 0 Å². The van der Waals surface area contributed by atoms with Crippen molar-refractivity contribution in [3.63, 3.8) is 0 Å². The Balaban J connectivity index is 2.24. The summed E-state index contributed by atoms with van der Waals surface area (Å²) in [5.74, 6) is -2.00. The van der Waals surface area contributed by atoms with Gasteiger partial charge in [0.2, 0.25) is 0 Å². The zero-order valence-corrected chi connectivity index (χ0v) is 12.0. The van der Waals surface area contributed by atoms with E-state index in [1.807, 2.05) is 0 Å². The third kappa shape index (κ3) is 2.38. The number of hydrogen-bond acceptors (Lipinski definition) is 4. The number of carbonyl (C=O) groups is 2. The highest BCUT2D eigenvalue weighted by Crippen LogP contribution is 2.34. The molecule has 5 nitrogen and oxygen atoms in total. The molecule has 3 rings (SSSR count). The third-order valence-electron chi connectivity index (χ3n) is 3.69. The number of phenols is 1. The van der Waals surface area contributed by atoms with Crippen molar-refractivity contribution < 1.29 is 19.8 Å². The summed E-state index contributed by atoms with van der Waals surface area (Å²) in [4.78, 5) is 24.0. The molecule has 0 aliphatic rings. The van der Waals surface area contributed by atoms with Gasteiger partial charge in [0.1, 0.15) is 5.75 Å². The lowest BCUT2D eigenvalue weighted by molar-refractivity contribution is 0.0692. The lowest BCUT2D eigenvalue weighted by Gasteiger charge is -2.11. The van der Waals surface area contributed by atoms with Crippen molar-refractivity contribution in [3.8, 4) is 5.75 Å². The fourth-order valence-corrected chi connectivity index (χ4v) is 2.57. The zero-order chi connectivity index (χ0) is 16.6. The number of rotatable bonds is 3. The molecule has 114 valence electrons. The highest BCUT2D eigenvalue weighted by Gasteiger charge is 2.22. The Kier molecular flexibility index (Phi) is 3.46. The van der Waals surface area contributed by atoms with Gasteiger partial charge in [-0.2, -0.15) is 0 Å². The van der Waals surface area contributed by atoms with Crippen molar-refractivity contribution >= 4 is 28.2 Å². The molecule has 0 aromatic heterocycles. The molecule has 5 heteroatoms. The van der Waals surface area contributed by atoms with Gasteiger partial charge in [-0.1, -0.05) is 42.5 Å². The van der Waals surface area contributed by atoms with Gasteiger partial charge in [0.05, 0.1) is 11.1 Å². The molecule has 0 radical (unpaired) electrons. The number of nitrogen functional groups attached to an aromatic ring is 1. The van der Waals surface area contributed by atoms with E-state index in [4.69, 9.17) is 5.73 Å². The van der Waals surface area contributed by atoms with Gasteiger partial charge in [-0.3, -0.25) is 4.79 Å². The van der Waals surface area contributed by atoms with Gasteiger partial charge in [-0.25, -0.2) is 4.79 Å². The van der Waals surface area contributed by atoms with Crippen LogP contribution in [0.25, 0.3) is 10.8 Å². The fraction of sp³-hybridized carbons (Fsp3) is 0. The molecule has 0 spiro atoms. The number of aromatic hydroxyl groups is 1. The van der Waals surface area contributed by atoms with Gasteiger partial charge in [0, 0.05) is 22.0 Å². The van der Waals surface area contributed by atoms with E-state index in [0.29, 0.717) is 16.5 Å². The summed E-state index contributed by atoms with van der Waals surface area (Å²) >= 11 is 0. The Hall–Kier alpha value is -3.34. The first kappa shape index (κ1) is 14.6. The molecule has 3 aromatic carbocycles. The van der Waals surface area contributed by atoms with E-state index in [2.05, 4.69) is 0 Å². The van der Waals surface area contributed by atoms with Gasteiger partial charge in [0.15, 0.2) is 5.78 Å². The number of carbonyl (C=O) groups excluding carboxylic acids is 1. The second-order valence-corrected chi connectivity index (χ2v) is 5.09. The predicted octanol–water partition coefficient (Wildman–Crippen LogP) is 3.06. The van der Waals surface area contributed by atoms with Crippen LogP contribution < -0.4 is 5.73 Å². The van der Waals surface area contributed by atoms with Crippen molar-refractivity contribution in [2.45, 2.75) is 0 Å². The number of ketones is 1. The molecule has 0 aliphatic carbocycles.